The zero-order chi connectivity index (χ0) is 12.6. The smallest absolute Gasteiger partial charge is 0.433 e. The standard InChI is InChI=1S/C10H9F3N2O2/c11-10(12,13)8-3-7(17-5-1-2-5)6(4-15-8)9(14)16/h3-5H,1-2H2,(H2,14,16). The second kappa shape index (κ2) is 3.90. The molecular weight excluding hydrogens is 237 g/mol. The van der Waals surface area contributed by atoms with Crippen molar-refractivity contribution in [1.82, 2.24) is 4.98 Å². The summed E-state index contributed by atoms with van der Waals surface area (Å²) >= 11 is 0. The summed E-state index contributed by atoms with van der Waals surface area (Å²) in [5.74, 6) is -1.01. The highest BCUT2D eigenvalue weighted by Crippen LogP contribution is 2.34. The molecule has 0 unspecified atom stereocenters. The first-order chi connectivity index (χ1) is 7.88. The van der Waals surface area contributed by atoms with Crippen LogP contribution in [0.3, 0.4) is 0 Å². The minimum Gasteiger partial charge on any atom is -0.489 e. The van der Waals surface area contributed by atoms with Gasteiger partial charge in [-0.25, -0.2) is 0 Å². The first kappa shape index (κ1) is 11.7. The van der Waals surface area contributed by atoms with Crippen LogP contribution in [-0.4, -0.2) is 17.0 Å². The number of nitrogens with two attached hydrogens (primary N) is 1. The van der Waals surface area contributed by atoms with Crippen molar-refractivity contribution in [2.75, 3.05) is 0 Å². The summed E-state index contributed by atoms with van der Waals surface area (Å²) in [6, 6.07) is 0.707. The van der Waals surface area contributed by atoms with Gasteiger partial charge in [-0.2, -0.15) is 13.2 Å². The predicted octanol–water partition coefficient (Wildman–Crippen LogP) is 1.74. The number of ether oxygens (including phenoxy) is 1. The topological polar surface area (TPSA) is 65.2 Å². The Morgan fingerprint density at radius 3 is 2.59 bits per heavy atom. The van der Waals surface area contributed by atoms with Crippen molar-refractivity contribution < 1.29 is 22.7 Å². The van der Waals surface area contributed by atoms with Crippen molar-refractivity contribution >= 4 is 5.91 Å². The lowest BCUT2D eigenvalue weighted by molar-refractivity contribution is -0.141. The van der Waals surface area contributed by atoms with Crippen molar-refractivity contribution in [3.05, 3.63) is 23.5 Å². The van der Waals surface area contributed by atoms with E-state index in [1.54, 1.807) is 0 Å². The van der Waals surface area contributed by atoms with E-state index < -0.39 is 17.8 Å². The summed E-state index contributed by atoms with van der Waals surface area (Å²) in [4.78, 5) is 14.2. The van der Waals surface area contributed by atoms with Gasteiger partial charge in [0.25, 0.3) is 5.91 Å². The molecule has 2 N–H and O–H groups in total. The molecule has 0 radical (unpaired) electrons. The van der Waals surface area contributed by atoms with E-state index in [4.69, 9.17) is 10.5 Å². The van der Waals surface area contributed by atoms with Gasteiger partial charge in [0.05, 0.1) is 11.7 Å². The largest absolute Gasteiger partial charge is 0.489 e. The highest BCUT2D eigenvalue weighted by atomic mass is 19.4. The lowest BCUT2D eigenvalue weighted by Gasteiger charge is -2.11. The number of carbonyl (C=O) groups is 1. The van der Waals surface area contributed by atoms with Gasteiger partial charge < -0.3 is 10.5 Å². The number of primary amides is 1. The third-order valence-electron chi connectivity index (χ3n) is 2.24. The van der Waals surface area contributed by atoms with Crippen molar-refractivity contribution in [1.29, 1.82) is 0 Å². The number of alkyl halides is 3. The molecule has 0 aromatic carbocycles. The number of aromatic nitrogens is 1. The molecule has 1 aliphatic rings. The minimum absolute atomic E-state index is 0.128. The summed E-state index contributed by atoms with van der Waals surface area (Å²) in [7, 11) is 0. The van der Waals surface area contributed by atoms with Crippen LogP contribution in [-0.2, 0) is 6.18 Å². The Hall–Kier alpha value is -1.79. The highest BCUT2D eigenvalue weighted by Gasteiger charge is 2.34. The predicted molar refractivity (Wildman–Crippen MR) is 51.4 cm³/mol. The van der Waals surface area contributed by atoms with E-state index in [9.17, 15) is 18.0 Å². The number of rotatable bonds is 3. The maximum Gasteiger partial charge on any atom is 0.433 e. The van der Waals surface area contributed by atoms with Gasteiger partial charge >= 0.3 is 6.18 Å². The number of hydrogen-bond donors (Lipinski definition) is 1. The molecular formula is C10H9F3N2O2. The van der Waals surface area contributed by atoms with Crippen LogP contribution in [0.25, 0.3) is 0 Å². The molecule has 0 atom stereocenters. The number of pyridine rings is 1. The third-order valence-corrected chi connectivity index (χ3v) is 2.24. The highest BCUT2D eigenvalue weighted by molar-refractivity contribution is 5.95. The first-order valence-electron chi connectivity index (χ1n) is 4.91. The molecule has 1 fully saturated rings. The average molecular weight is 246 g/mol. The van der Waals surface area contributed by atoms with E-state index in [-0.39, 0.29) is 17.4 Å². The van der Waals surface area contributed by atoms with Gasteiger partial charge in [0, 0.05) is 12.3 Å². The number of hydrogen-bond acceptors (Lipinski definition) is 3. The Morgan fingerprint density at radius 1 is 1.47 bits per heavy atom. The van der Waals surface area contributed by atoms with E-state index in [2.05, 4.69) is 4.98 Å². The normalized spacial score (nSPS) is 15.7. The molecule has 0 bridgehead atoms. The zero-order valence-corrected chi connectivity index (χ0v) is 8.62. The maximum atomic E-state index is 12.4. The van der Waals surface area contributed by atoms with Crippen molar-refractivity contribution in [3.8, 4) is 5.75 Å². The Morgan fingerprint density at radius 2 is 2.12 bits per heavy atom. The maximum absolute atomic E-state index is 12.4. The molecule has 1 saturated carbocycles. The second-order valence-corrected chi connectivity index (χ2v) is 3.74. The van der Waals surface area contributed by atoms with Crippen LogP contribution in [0.15, 0.2) is 12.3 Å². The van der Waals surface area contributed by atoms with Gasteiger partial charge in [0.15, 0.2) is 0 Å². The molecule has 4 nitrogen and oxygen atoms in total. The van der Waals surface area contributed by atoms with Crippen LogP contribution < -0.4 is 10.5 Å². The van der Waals surface area contributed by atoms with E-state index >= 15 is 0 Å². The number of nitrogens with zero attached hydrogens (tertiary/aromatic N) is 1. The SMILES string of the molecule is NC(=O)c1cnc(C(F)(F)F)cc1OC1CC1. The summed E-state index contributed by atoms with van der Waals surface area (Å²) in [6.07, 6.45) is -2.37. The molecule has 1 heterocycles. The van der Waals surface area contributed by atoms with E-state index in [1.807, 2.05) is 0 Å². The molecule has 0 aliphatic heterocycles. The molecule has 0 spiro atoms. The molecule has 1 aromatic rings. The van der Waals surface area contributed by atoms with Gasteiger partial charge in [-0.15, -0.1) is 0 Å². The first-order valence-corrected chi connectivity index (χ1v) is 4.91. The summed E-state index contributed by atoms with van der Waals surface area (Å²) < 4.78 is 42.5. The van der Waals surface area contributed by atoms with Gasteiger partial charge in [-0.05, 0) is 12.8 Å². The van der Waals surface area contributed by atoms with Crippen molar-refractivity contribution in [2.45, 2.75) is 25.1 Å². The van der Waals surface area contributed by atoms with Gasteiger partial charge in [0.1, 0.15) is 11.4 Å². The quantitative estimate of drug-likeness (QED) is 0.883. The molecule has 2 rings (SSSR count). The third kappa shape index (κ3) is 2.66. The lowest BCUT2D eigenvalue weighted by Crippen LogP contribution is -2.16. The van der Waals surface area contributed by atoms with E-state index in [0.29, 0.717) is 6.07 Å². The number of carbonyl (C=O) groups excluding carboxylic acids is 1. The Kier molecular flexibility index (Phi) is 2.68. The summed E-state index contributed by atoms with van der Waals surface area (Å²) in [6.45, 7) is 0. The summed E-state index contributed by atoms with van der Waals surface area (Å²) in [5.41, 5.74) is 3.80. The fourth-order valence-corrected chi connectivity index (χ4v) is 1.24. The fraction of sp³-hybridized carbons (Fsp3) is 0.400. The van der Waals surface area contributed by atoms with E-state index in [1.165, 1.54) is 0 Å². The Balaban J connectivity index is 2.38. The monoisotopic (exact) mass is 246 g/mol. The molecule has 1 aliphatic carbocycles. The minimum atomic E-state index is -4.57. The lowest BCUT2D eigenvalue weighted by atomic mass is 10.2. The zero-order valence-electron chi connectivity index (χ0n) is 8.62. The number of halogens is 3. The second-order valence-electron chi connectivity index (χ2n) is 3.74. The summed E-state index contributed by atoms with van der Waals surface area (Å²) in [5, 5.41) is 0. The van der Waals surface area contributed by atoms with E-state index in [0.717, 1.165) is 19.0 Å². The molecule has 0 saturated heterocycles. The molecule has 1 amide bonds. The van der Waals surface area contributed by atoms with Crippen LogP contribution in [0.5, 0.6) is 5.75 Å². The Bertz CT molecular complexity index is 455. The number of amides is 1. The van der Waals surface area contributed by atoms with Gasteiger partial charge in [-0.3, -0.25) is 9.78 Å². The van der Waals surface area contributed by atoms with Crippen LogP contribution in [0, 0.1) is 0 Å². The molecule has 1 aromatic heterocycles. The van der Waals surface area contributed by atoms with Gasteiger partial charge in [-0.1, -0.05) is 0 Å². The molecule has 92 valence electrons. The average Bonchev–Trinajstić information content (AvgIpc) is 2.99. The van der Waals surface area contributed by atoms with Crippen LogP contribution in [0.4, 0.5) is 13.2 Å². The fourth-order valence-electron chi connectivity index (χ4n) is 1.24. The van der Waals surface area contributed by atoms with Gasteiger partial charge in [0.2, 0.25) is 0 Å². The van der Waals surface area contributed by atoms with Crippen LogP contribution in [0.1, 0.15) is 28.9 Å². The Labute approximate surface area is 94.6 Å². The van der Waals surface area contributed by atoms with Crippen molar-refractivity contribution in [2.24, 2.45) is 5.73 Å². The van der Waals surface area contributed by atoms with Crippen molar-refractivity contribution in [3.63, 3.8) is 0 Å². The van der Waals surface area contributed by atoms with Crippen LogP contribution in [0.2, 0.25) is 0 Å². The van der Waals surface area contributed by atoms with Crippen LogP contribution >= 0.6 is 0 Å². The molecule has 7 heteroatoms. The molecule has 17 heavy (non-hydrogen) atoms.